The predicted octanol–water partition coefficient (Wildman–Crippen LogP) is 2.51. The van der Waals surface area contributed by atoms with Gasteiger partial charge in [-0.25, -0.2) is 0 Å². The van der Waals surface area contributed by atoms with Gasteiger partial charge >= 0.3 is 0 Å². The quantitative estimate of drug-likeness (QED) is 0.558. The molecule has 0 aromatic heterocycles. The summed E-state index contributed by atoms with van der Waals surface area (Å²) in [5.74, 6) is 0.351. The van der Waals surface area contributed by atoms with Crippen LogP contribution in [-0.2, 0) is 19.0 Å². The van der Waals surface area contributed by atoms with Crippen LogP contribution in [0.15, 0.2) is 11.6 Å². The van der Waals surface area contributed by atoms with Gasteiger partial charge in [-0.1, -0.05) is 11.6 Å². The number of ether oxygens (including phenoxy) is 3. The van der Waals surface area contributed by atoms with E-state index in [9.17, 15) is 4.79 Å². The fourth-order valence-corrected chi connectivity index (χ4v) is 4.91. The van der Waals surface area contributed by atoms with Gasteiger partial charge in [-0.15, -0.1) is 0 Å². The molecule has 0 aromatic rings. The lowest BCUT2D eigenvalue weighted by Gasteiger charge is -2.15. The molecule has 0 spiro atoms. The number of carbonyl (C=O) groups is 1. The minimum Gasteiger partial charge on any atom is -0.384 e. The van der Waals surface area contributed by atoms with Gasteiger partial charge in [0, 0.05) is 32.0 Å². The normalized spacial score (nSPS) is 47.2. The Bertz CT molecular complexity index is 495. The maximum atomic E-state index is 12.5. The zero-order valence-corrected chi connectivity index (χ0v) is 13.7. The fraction of sp³-hybridized carbons (Fsp3) is 0.824. The van der Waals surface area contributed by atoms with Crippen molar-refractivity contribution in [3.8, 4) is 0 Å². The Labute approximate surface area is 126 Å². The van der Waals surface area contributed by atoms with Crippen LogP contribution in [0.25, 0.3) is 0 Å². The van der Waals surface area contributed by atoms with Gasteiger partial charge < -0.3 is 14.2 Å². The van der Waals surface area contributed by atoms with E-state index in [1.807, 2.05) is 0 Å². The molecular formula is C17H26O4. The molecule has 0 N–H and O–H groups in total. The van der Waals surface area contributed by atoms with Gasteiger partial charge in [0.05, 0.1) is 18.3 Å². The Morgan fingerprint density at radius 2 is 2.14 bits per heavy atom. The van der Waals surface area contributed by atoms with Gasteiger partial charge in [-0.2, -0.15) is 0 Å². The van der Waals surface area contributed by atoms with Gasteiger partial charge in [0.25, 0.3) is 0 Å². The molecule has 3 rings (SSSR count). The zero-order valence-electron chi connectivity index (χ0n) is 13.7. The largest absolute Gasteiger partial charge is 0.384 e. The molecule has 118 valence electrons. The highest BCUT2D eigenvalue weighted by atomic mass is 16.6. The van der Waals surface area contributed by atoms with E-state index in [2.05, 4.69) is 26.8 Å². The molecule has 4 nitrogen and oxygen atoms in total. The first-order valence-corrected chi connectivity index (χ1v) is 7.77. The Balaban J connectivity index is 1.83. The first-order chi connectivity index (χ1) is 9.89. The summed E-state index contributed by atoms with van der Waals surface area (Å²) < 4.78 is 17.2. The van der Waals surface area contributed by atoms with E-state index in [1.54, 1.807) is 14.2 Å². The molecule has 1 aliphatic heterocycles. The lowest BCUT2D eigenvalue weighted by atomic mass is 9.88. The van der Waals surface area contributed by atoms with Crippen LogP contribution in [0.4, 0.5) is 0 Å². The molecular weight excluding hydrogens is 268 g/mol. The average Bonchev–Trinajstić information content (AvgIpc) is 3.23. The molecule has 1 saturated heterocycles. The number of fused-ring (bicyclic) bond motifs is 1. The van der Waals surface area contributed by atoms with Crippen LogP contribution in [0.1, 0.15) is 40.0 Å². The van der Waals surface area contributed by atoms with Gasteiger partial charge in [0.15, 0.2) is 5.78 Å². The van der Waals surface area contributed by atoms with E-state index in [4.69, 9.17) is 14.2 Å². The highest BCUT2D eigenvalue weighted by molar-refractivity contribution is 5.96. The minimum absolute atomic E-state index is 0.124. The van der Waals surface area contributed by atoms with Crippen molar-refractivity contribution in [1.29, 1.82) is 0 Å². The van der Waals surface area contributed by atoms with E-state index in [0.717, 1.165) is 12.8 Å². The Morgan fingerprint density at radius 1 is 1.43 bits per heavy atom. The number of hydrogen-bond acceptors (Lipinski definition) is 4. The highest BCUT2D eigenvalue weighted by Crippen LogP contribution is 2.78. The number of methoxy groups -OCH3 is 2. The molecule has 3 fully saturated rings. The maximum absolute atomic E-state index is 12.5. The van der Waals surface area contributed by atoms with Gasteiger partial charge in [-0.05, 0) is 33.6 Å². The molecule has 2 aliphatic carbocycles. The number of ketones is 1. The summed E-state index contributed by atoms with van der Waals surface area (Å²) in [5.41, 5.74) is 0.198. The number of Topliss-reactive ketones (excluding diaryl/α,β-unsaturated/α-hetero) is 1. The summed E-state index contributed by atoms with van der Waals surface area (Å²) in [6.07, 6.45) is 4.76. The molecule has 2 saturated carbocycles. The minimum atomic E-state index is -0.669. The SMILES string of the molecule is COC[C@@]12CCC(=O)[C@]1(OC)C2[C@@]1(C)O[C@@H]1CC=C(C)C. The van der Waals surface area contributed by atoms with Crippen molar-refractivity contribution in [3.05, 3.63) is 11.6 Å². The fourth-order valence-electron chi connectivity index (χ4n) is 4.91. The molecule has 0 aromatic carbocycles. The van der Waals surface area contributed by atoms with Gasteiger partial charge in [0.1, 0.15) is 5.60 Å². The zero-order chi connectivity index (χ0) is 15.5. The van der Waals surface area contributed by atoms with Gasteiger partial charge in [-0.3, -0.25) is 4.79 Å². The van der Waals surface area contributed by atoms with Crippen LogP contribution in [0, 0.1) is 11.3 Å². The molecule has 0 radical (unpaired) electrons. The predicted molar refractivity (Wildman–Crippen MR) is 79.1 cm³/mol. The first-order valence-electron chi connectivity index (χ1n) is 7.77. The van der Waals surface area contributed by atoms with Crippen molar-refractivity contribution in [2.75, 3.05) is 20.8 Å². The second-order valence-corrected chi connectivity index (χ2v) is 7.19. The number of epoxide rings is 1. The summed E-state index contributed by atoms with van der Waals surface area (Å²) in [6.45, 7) is 6.90. The Morgan fingerprint density at radius 3 is 2.71 bits per heavy atom. The molecule has 4 heteroatoms. The van der Waals surface area contributed by atoms with E-state index in [-0.39, 0.29) is 28.8 Å². The Hall–Kier alpha value is -0.710. The lowest BCUT2D eigenvalue weighted by molar-refractivity contribution is -0.132. The molecule has 0 bridgehead atoms. The summed E-state index contributed by atoms with van der Waals surface area (Å²) >= 11 is 0. The van der Waals surface area contributed by atoms with Crippen molar-refractivity contribution >= 4 is 5.78 Å². The summed E-state index contributed by atoms with van der Waals surface area (Å²) in [6, 6.07) is 0. The number of allylic oxidation sites excluding steroid dienone is 1. The van der Waals surface area contributed by atoms with Crippen molar-refractivity contribution in [2.24, 2.45) is 11.3 Å². The van der Waals surface area contributed by atoms with Crippen molar-refractivity contribution in [1.82, 2.24) is 0 Å². The monoisotopic (exact) mass is 294 g/mol. The van der Waals surface area contributed by atoms with E-state index >= 15 is 0 Å². The van der Waals surface area contributed by atoms with Crippen LogP contribution in [0.5, 0.6) is 0 Å². The molecule has 3 aliphatic rings. The van der Waals surface area contributed by atoms with Crippen LogP contribution in [0.3, 0.4) is 0 Å². The topological polar surface area (TPSA) is 48.1 Å². The molecule has 21 heavy (non-hydrogen) atoms. The van der Waals surface area contributed by atoms with E-state index < -0.39 is 5.60 Å². The average molecular weight is 294 g/mol. The third-order valence-electron chi connectivity index (χ3n) is 5.84. The molecule has 5 atom stereocenters. The van der Waals surface area contributed by atoms with E-state index in [0.29, 0.717) is 13.0 Å². The first kappa shape index (κ1) is 15.2. The van der Waals surface area contributed by atoms with Crippen molar-refractivity contribution < 1.29 is 19.0 Å². The smallest absolute Gasteiger partial charge is 0.165 e. The Kier molecular flexibility index (Phi) is 3.36. The number of carbonyl (C=O) groups excluding carboxylic acids is 1. The van der Waals surface area contributed by atoms with Crippen LogP contribution < -0.4 is 0 Å². The maximum Gasteiger partial charge on any atom is 0.165 e. The van der Waals surface area contributed by atoms with Crippen LogP contribution in [-0.4, -0.2) is 43.9 Å². The second-order valence-electron chi connectivity index (χ2n) is 7.19. The molecule has 1 unspecified atom stereocenters. The lowest BCUT2D eigenvalue weighted by Crippen LogP contribution is -2.31. The third-order valence-corrected chi connectivity index (χ3v) is 5.84. The summed E-state index contributed by atoms with van der Waals surface area (Å²) in [7, 11) is 3.36. The van der Waals surface area contributed by atoms with E-state index in [1.165, 1.54) is 5.57 Å². The second kappa shape index (κ2) is 4.64. The third kappa shape index (κ3) is 1.76. The summed E-state index contributed by atoms with van der Waals surface area (Å²) in [4.78, 5) is 12.5. The summed E-state index contributed by atoms with van der Waals surface area (Å²) in [5, 5.41) is 0. The van der Waals surface area contributed by atoms with Crippen LogP contribution >= 0.6 is 0 Å². The highest BCUT2D eigenvalue weighted by Gasteiger charge is 2.90. The van der Waals surface area contributed by atoms with Gasteiger partial charge in [0.2, 0.25) is 0 Å². The number of hydrogen-bond donors (Lipinski definition) is 0. The standard InChI is InChI=1S/C17H26O4/c1-11(2)6-7-13-15(3,21-13)14-16(10-19-4)9-8-12(18)17(14,16)20-5/h6,13-14H,7-10H2,1-5H3/t13-,14?,15+,16-,17+/m1/s1. The van der Waals surface area contributed by atoms with Crippen molar-refractivity contribution in [2.45, 2.75) is 57.3 Å². The van der Waals surface area contributed by atoms with Crippen LogP contribution in [0.2, 0.25) is 0 Å². The molecule has 0 amide bonds. The van der Waals surface area contributed by atoms with Crippen molar-refractivity contribution in [3.63, 3.8) is 0 Å². The molecule has 1 heterocycles. The number of rotatable bonds is 6.